The maximum absolute atomic E-state index is 5.34. The average molecular weight is 568 g/mol. The van der Waals surface area contributed by atoms with Gasteiger partial charge < -0.3 is 0 Å². The third-order valence-corrected chi connectivity index (χ3v) is 9.34. The fourth-order valence-corrected chi connectivity index (χ4v) is 7.10. The normalized spacial score (nSPS) is 16.2. The average Bonchev–Trinajstić information content (AvgIpc) is 3.10. The Labute approximate surface area is 255 Å². The van der Waals surface area contributed by atoms with E-state index in [0.29, 0.717) is 0 Å². The lowest BCUT2D eigenvalue weighted by Gasteiger charge is -2.23. The monoisotopic (exact) mass is 567 g/mol. The first-order valence-corrected chi connectivity index (χ1v) is 15.5. The second-order valence-corrected chi connectivity index (χ2v) is 11.9. The van der Waals surface area contributed by atoms with Gasteiger partial charge in [-0.25, -0.2) is 4.98 Å². The number of nitrogens with zero attached hydrogens (tertiary/aromatic N) is 5. The molecule has 6 aromatic rings. The Balaban J connectivity index is 1.12. The molecule has 2 aliphatic heterocycles. The Bertz CT molecular complexity index is 2270. The van der Waals surface area contributed by atoms with Crippen LogP contribution >= 0.6 is 0 Å². The predicted octanol–water partition coefficient (Wildman–Crippen LogP) is 9.38. The summed E-state index contributed by atoms with van der Waals surface area (Å²) in [4.78, 5) is 24.8. The van der Waals surface area contributed by atoms with Crippen molar-refractivity contribution in [1.29, 1.82) is 0 Å². The number of pyridine rings is 3. The van der Waals surface area contributed by atoms with Gasteiger partial charge in [0.1, 0.15) is 0 Å². The zero-order chi connectivity index (χ0) is 29.0. The molecule has 5 heteroatoms. The van der Waals surface area contributed by atoms with E-state index in [0.717, 1.165) is 88.2 Å². The number of hydrogen-bond acceptors (Lipinski definition) is 5. The summed E-state index contributed by atoms with van der Waals surface area (Å²) in [5.74, 6) is 0. The Morgan fingerprint density at radius 3 is 2.02 bits per heavy atom. The summed E-state index contributed by atoms with van der Waals surface area (Å²) in [5.41, 5.74) is 14.9. The molecule has 9 rings (SSSR count). The molecule has 210 valence electrons. The molecular weight excluding hydrogens is 538 g/mol. The van der Waals surface area contributed by atoms with Crippen molar-refractivity contribution in [3.05, 3.63) is 126 Å². The Hall–Kier alpha value is -5.29. The van der Waals surface area contributed by atoms with Gasteiger partial charge in [0.2, 0.25) is 0 Å². The van der Waals surface area contributed by atoms with Gasteiger partial charge in [0.05, 0.1) is 27.9 Å². The van der Waals surface area contributed by atoms with Crippen LogP contribution in [0.5, 0.6) is 0 Å². The van der Waals surface area contributed by atoms with Crippen LogP contribution in [0.4, 0.5) is 11.4 Å². The lowest BCUT2D eigenvalue weighted by molar-refractivity contribution is 0.922. The van der Waals surface area contributed by atoms with Crippen molar-refractivity contribution in [3.63, 3.8) is 0 Å². The van der Waals surface area contributed by atoms with Crippen LogP contribution in [0.15, 0.2) is 125 Å². The van der Waals surface area contributed by atoms with Crippen LogP contribution in [-0.4, -0.2) is 26.4 Å². The van der Waals surface area contributed by atoms with Gasteiger partial charge in [-0.2, -0.15) is 0 Å². The van der Waals surface area contributed by atoms with Crippen molar-refractivity contribution >= 4 is 55.5 Å². The third kappa shape index (κ3) is 4.11. The zero-order valence-electron chi connectivity index (χ0n) is 24.3. The van der Waals surface area contributed by atoms with Gasteiger partial charge in [-0.3, -0.25) is 20.0 Å². The highest BCUT2D eigenvalue weighted by atomic mass is 14.8. The van der Waals surface area contributed by atoms with Crippen LogP contribution in [0.1, 0.15) is 36.8 Å². The molecule has 3 aromatic heterocycles. The Morgan fingerprint density at radius 1 is 0.545 bits per heavy atom. The van der Waals surface area contributed by atoms with Crippen LogP contribution in [0.25, 0.3) is 43.8 Å². The number of fused-ring (bicyclic) bond motifs is 7. The smallest absolute Gasteiger partial charge is 0.0975 e. The largest absolute Gasteiger partial charge is 0.264 e. The first-order chi connectivity index (χ1) is 21.8. The van der Waals surface area contributed by atoms with Gasteiger partial charge >= 0.3 is 0 Å². The van der Waals surface area contributed by atoms with Crippen molar-refractivity contribution in [2.45, 2.75) is 38.5 Å². The molecule has 0 saturated heterocycles. The number of para-hydroxylation sites is 1. The molecule has 0 N–H and O–H groups in total. The molecule has 0 amide bonds. The molecular formula is C39H29N5. The highest BCUT2D eigenvalue weighted by Crippen LogP contribution is 2.42. The van der Waals surface area contributed by atoms with Crippen LogP contribution in [0.2, 0.25) is 0 Å². The van der Waals surface area contributed by atoms with E-state index in [4.69, 9.17) is 15.0 Å². The van der Waals surface area contributed by atoms with Crippen molar-refractivity contribution in [3.8, 4) is 11.1 Å². The summed E-state index contributed by atoms with van der Waals surface area (Å²) in [6.45, 7) is 0. The number of aromatic nitrogens is 3. The summed E-state index contributed by atoms with van der Waals surface area (Å²) in [5, 5.41) is 3.41. The topological polar surface area (TPSA) is 63.4 Å². The minimum absolute atomic E-state index is 0.947. The number of aryl methyl sites for hydroxylation is 2. The molecule has 3 aromatic carbocycles. The van der Waals surface area contributed by atoms with Crippen molar-refractivity contribution < 1.29 is 0 Å². The number of hydrogen-bond donors (Lipinski definition) is 0. The summed E-state index contributed by atoms with van der Waals surface area (Å²) in [6, 6.07) is 25.5. The minimum Gasteiger partial charge on any atom is -0.264 e. The van der Waals surface area contributed by atoms with Crippen LogP contribution in [0.3, 0.4) is 0 Å². The van der Waals surface area contributed by atoms with Gasteiger partial charge in [-0.15, -0.1) is 0 Å². The van der Waals surface area contributed by atoms with E-state index in [1.165, 1.54) is 39.3 Å². The maximum atomic E-state index is 5.34. The standard InChI is InChI=1S/C39H29N5/c1-2-8-34-30(7-1)35(29-6-3-21-40-23-29)31-18-15-28-17-20-33(43-38(28)39(31)44-34)25-11-9-24(10-12-25)32-19-16-27-14-13-26-5-4-22-41-36(26)37(27)42-32/h1-9,11,13-15,18,21-23H,10,12,16-17,19-20H2. The fourth-order valence-electron chi connectivity index (χ4n) is 7.10. The highest BCUT2D eigenvalue weighted by molar-refractivity contribution is 6.14. The molecule has 0 atom stereocenters. The lowest BCUT2D eigenvalue weighted by atomic mass is 9.86. The van der Waals surface area contributed by atoms with E-state index in [2.05, 4.69) is 82.8 Å². The summed E-state index contributed by atoms with van der Waals surface area (Å²) >= 11 is 0. The molecule has 0 saturated carbocycles. The van der Waals surface area contributed by atoms with Crippen molar-refractivity contribution in [2.75, 3.05) is 0 Å². The number of rotatable bonds is 3. The van der Waals surface area contributed by atoms with Crippen molar-refractivity contribution in [2.24, 2.45) is 9.98 Å². The van der Waals surface area contributed by atoms with E-state index in [9.17, 15) is 0 Å². The summed E-state index contributed by atoms with van der Waals surface area (Å²) < 4.78 is 0. The first kappa shape index (κ1) is 25.2. The summed E-state index contributed by atoms with van der Waals surface area (Å²) in [6.07, 6.45) is 16.1. The van der Waals surface area contributed by atoms with E-state index in [-0.39, 0.29) is 0 Å². The highest BCUT2D eigenvalue weighted by Gasteiger charge is 2.24. The molecule has 0 unspecified atom stereocenters. The molecule has 0 bridgehead atoms. The van der Waals surface area contributed by atoms with Gasteiger partial charge in [0, 0.05) is 57.3 Å². The second-order valence-electron chi connectivity index (χ2n) is 11.9. The van der Waals surface area contributed by atoms with E-state index in [1.54, 1.807) is 0 Å². The molecule has 5 heterocycles. The molecule has 0 radical (unpaired) electrons. The fraction of sp³-hybridized carbons (Fsp3) is 0.154. The zero-order valence-corrected chi connectivity index (χ0v) is 24.3. The molecule has 44 heavy (non-hydrogen) atoms. The van der Waals surface area contributed by atoms with Gasteiger partial charge in [0.15, 0.2) is 0 Å². The number of allylic oxidation sites excluding steroid dienone is 4. The Morgan fingerprint density at radius 2 is 1.27 bits per heavy atom. The molecule has 1 aliphatic carbocycles. The molecule has 0 fully saturated rings. The Kier molecular flexibility index (Phi) is 5.83. The number of benzene rings is 3. The second kappa shape index (κ2) is 10.2. The van der Waals surface area contributed by atoms with Crippen LogP contribution in [0, 0.1) is 0 Å². The number of aliphatic imine (C=N–C) groups is 2. The lowest BCUT2D eigenvalue weighted by Crippen LogP contribution is -2.15. The van der Waals surface area contributed by atoms with Gasteiger partial charge in [0.25, 0.3) is 0 Å². The van der Waals surface area contributed by atoms with E-state index >= 15 is 0 Å². The van der Waals surface area contributed by atoms with Gasteiger partial charge in [-0.05, 0) is 79.0 Å². The predicted molar refractivity (Wildman–Crippen MR) is 180 cm³/mol. The van der Waals surface area contributed by atoms with Crippen molar-refractivity contribution in [1.82, 2.24) is 15.0 Å². The SMILES string of the molecule is C1=C(C2=Nc3c(ccc4cccnc34)CC2)CCC(C2=Nc3c(ccc4c(-c5cccnc5)c5ccccc5nc34)CC2)=C1. The van der Waals surface area contributed by atoms with E-state index < -0.39 is 0 Å². The first-order valence-electron chi connectivity index (χ1n) is 15.5. The van der Waals surface area contributed by atoms with Gasteiger partial charge in [-0.1, -0.05) is 66.7 Å². The van der Waals surface area contributed by atoms with Crippen LogP contribution in [-0.2, 0) is 12.8 Å². The molecule has 0 spiro atoms. The minimum atomic E-state index is 0.947. The summed E-state index contributed by atoms with van der Waals surface area (Å²) in [7, 11) is 0. The molecule has 5 nitrogen and oxygen atoms in total. The maximum Gasteiger partial charge on any atom is 0.0975 e. The van der Waals surface area contributed by atoms with Crippen LogP contribution < -0.4 is 0 Å². The molecule has 3 aliphatic rings. The third-order valence-electron chi connectivity index (χ3n) is 9.34. The van der Waals surface area contributed by atoms with E-state index in [1.807, 2.05) is 30.7 Å². The quantitative estimate of drug-likeness (QED) is 0.200.